The Hall–Kier alpha value is 0.110. The van der Waals surface area contributed by atoms with Gasteiger partial charge in [-0.2, -0.15) is 0 Å². The molecule has 0 aromatic rings. The molecule has 0 aliphatic rings. The molecule has 0 aromatic heterocycles. The normalized spacial score (nSPS) is 12.8. The van der Waals surface area contributed by atoms with E-state index < -0.39 is 15.4 Å². The summed E-state index contributed by atoms with van der Waals surface area (Å²) in [6.45, 7) is 3.75. The quantitative estimate of drug-likeness (QED) is 0.290. The number of halogens is 1. The minimum Gasteiger partial charge on any atom is -0.465 e. The zero-order chi connectivity index (χ0) is 13.7. The summed E-state index contributed by atoms with van der Waals surface area (Å²) in [5.41, 5.74) is -0.513. The van der Waals surface area contributed by atoms with Crippen LogP contribution in [0.25, 0.3) is 0 Å². The van der Waals surface area contributed by atoms with Gasteiger partial charge in [0.25, 0.3) is 0 Å². The minimum atomic E-state index is -3.20. The predicted octanol–water partition coefficient (Wildman–Crippen LogP) is 1.27. The van der Waals surface area contributed by atoms with Crippen LogP contribution in [0.5, 0.6) is 0 Å². The highest BCUT2D eigenvalue weighted by Gasteiger charge is 2.27. The van der Waals surface area contributed by atoms with Crippen LogP contribution in [0.2, 0.25) is 0 Å². The van der Waals surface area contributed by atoms with Gasteiger partial charge in [-0.1, -0.05) is 22.6 Å². The number of alkyl halides is 1. The second-order valence-corrected chi connectivity index (χ2v) is 7.67. The molecule has 0 amide bonds. The molecule has 0 atom stereocenters. The number of hydrogen-bond acceptors (Lipinski definition) is 4. The summed E-state index contributed by atoms with van der Waals surface area (Å²) in [6, 6.07) is 0. The van der Waals surface area contributed by atoms with Gasteiger partial charge >= 0.3 is 5.97 Å². The van der Waals surface area contributed by atoms with Gasteiger partial charge in [-0.15, -0.1) is 0 Å². The van der Waals surface area contributed by atoms with E-state index in [2.05, 4.69) is 22.6 Å². The number of sulfonamides is 1. The molecule has 0 heterocycles. The Bertz CT molecular complexity index is 351. The first kappa shape index (κ1) is 17.1. The zero-order valence-electron chi connectivity index (χ0n) is 10.7. The summed E-state index contributed by atoms with van der Waals surface area (Å²) in [6.07, 6.45) is 0.323. The number of hydrogen-bond donors (Lipinski definition) is 0. The van der Waals surface area contributed by atoms with Crippen molar-refractivity contribution in [3.05, 3.63) is 0 Å². The van der Waals surface area contributed by atoms with Crippen molar-refractivity contribution in [3.63, 3.8) is 0 Å². The molecule has 0 bridgehead atoms. The molecule has 0 spiro atoms. The lowest BCUT2D eigenvalue weighted by molar-refractivity contribution is -0.152. The van der Waals surface area contributed by atoms with Crippen molar-refractivity contribution in [3.8, 4) is 0 Å². The van der Waals surface area contributed by atoms with Crippen LogP contribution < -0.4 is 0 Å². The van der Waals surface area contributed by atoms with E-state index in [0.29, 0.717) is 10.8 Å². The van der Waals surface area contributed by atoms with Gasteiger partial charge in [0.2, 0.25) is 10.0 Å². The van der Waals surface area contributed by atoms with E-state index in [-0.39, 0.29) is 18.3 Å². The van der Waals surface area contributed by atoms with Crippen molar-refractivity contribution in [2.24, 2.45) is 5.41 Å². The molecule has 0 aliphatic heterocycles. The largest absolute Gasteiger partial charge is 0.465 e. The van der Waals surface area contributed by atoms with Gasteiger partial charge < -0.3 is 4.74 Å². The van der Waals surface area contributed by atoms with Gasteiger partial charge in [-0.3, -0.25) is 4.79 Å². The predicted molar refractivity (Wildman–Crippen MR) is 75.7 cm³/mol. The number of esters is 1. The fourth-order valence-electron chi connectivity index (χ4n) is 0.839. The molecule has 0 N–H and O–H groups in total. The number of rotatable bonds is 7. The third kappa shape index (κ3) is 6.01. The first-order valence-electron chi connectivity index (χ1n) is 5.27. The van der Waals surface area contributed by atoms with E-state index >= 15 is 0 Å². The first-order chi connectivity index (χ1) is 7.63. The van der Waals surface area contributed by atoms with Gasteiger partial charge in [-0.25, -0.2) is 12.7 Å². The fraction of sp³-hybridized carbons (Fsp3) is 0.900. The Morgan fingerprint density at radius 1 is 1.35 bits per heavy atom. The van der Waals surface area contributed by atoms with Crippen molar-refractivity contribution < 1.29 is 17.9 Å². The van der Waals surface area contributed by atoms with Crippen LogP contribution in [0.3, 0.4) is 0 Å². The van der Waals surface area contributed by atoms with Gasteiger partial charge in [0.15, 0.2) is 0 Å². The lowest BCUT2D eigenvalue weighted by atomic mass is 9.97. The molecular formula is C10H20INO4S. The molecule has 0 radical (unpaired) electrons. The average molecular weight is 377 g/mol. The zero-order valence-corrected chi connectivity index (χ0v) is 13.7. The van der Waals surface area contributed by atoms with Crippen molar-refractivity contribution in [2.75, 3.05) is 30.9 Å². The molecule has 0 saturated heterocycles. The van der Waals surface area contributed by atoms with Gasteiger partial charge in [-0.05, 0) is 20.3 Å². The first-order valence-corrected chi connectivity index (χ1v) is 8.40. The van der Waals surface area contributed by atoms with Gasteiger partial charge in [0, 0.05) is 18.5 Å². The summed E-state index contributed by atoms with van der Waals surface area (Å²) in [5, 5.41) is 0. The summed E-state index contributed by atoms with van der Waals surface area (Å²) in [7, 11) is -0.223. The maximum absolute atomic E-state index is 11.6. The van der Waals surface area contributed by atoms with Crippen LogP contribution in [-0.2, 0) is 19.6 Å². The van der Waals surface area contributed by atoms with Crippen LogP contribution in [0, 0.1) is 5.41 Å². The summed E-state index contributed by atoms with van der Waals surface area (Å²) >= 11 is 2.12. The van der Waals surface area contributed by atoms with E-state index in [0.717, 1.165) is 0 Å². The molecule has 102 valence electrons. The molecule has 0 aromatic carbocycles. The topological polar surface area (TPSA) is 63.7 Å². The van der Waals surface area contributed by atoms with Crippen molar-refractivity contribution in [1.29, 1.82) is 0 Å². The van der Waals surface area contributed by atoms with Crippen LogP contribution in [0.1, 0.15) is 20.3 Å². The van der Waals surface area contributed by atoms with E-state index in [4.69, 9.17) is 4.74 Å². The highest BCUT2D eigenvalue weighted by atomic mass is 127. The lowest BCUT2D eigenvalue weighted by Gasteiger charge is -2.19. The number of carbonyl (C=O) groups excluding carboxylic acids is 1. The lowest BCUT2D eigenvalue weighted by Crippen LogP contribution is -2.29. The molecule has 5 nitrogen and oxygen atoms in total. The Morgan fingerprint density at radius 2 is 1.88 bits per heavy atom. The summed E-state index contributed by atoms with van der Waals surface area (Å²) < 4.78 is 29.7. The summed E-state index contributed by atoms with van der Waals surface area (Å²) in [5.74, 6) is -0.285. The molecule has 17 heavy (non-hydrogen) atoms. The van der Waals surface area contributed by atoms with Crippen LogP contribution in [-0.4, -0.2) is 49.6 Å². The monoisotopic (exact) mass is 377 g/mol. The highest BCUT2D eigenvalue weighted by Crippen LogP contribution is 2.20. The number of ether oxygens (including phenoxy) is 1. The molecule has 0 fully saturated rings. The second-order valence-electron chi connectivity index (χ2n) is 4.61. The molecule has 0 aliphatic carbocycles. The number of nitrogens with zero attached hydrogens (tertiary/aromatic N) is 1. The second kappa shape index (κ2) is 6.89. The standard InChI is InChI=1S/C10H20INO4S/c1-10(2,8-11)9(13)16-6-5-7-17(14,15)12(3)4/h5-8H2,1-4H3. The van der Waals surface area contributed by atoms with Crippen LogP contribution in [0.15, 0.2) is 0 Å². The van der Waals surface area contributed by atoms with E-state index in [9.17, 15) is 13.2 Å². The molecule has 0 unspecified atom stereocenters. The molecule has 0 rings (SSSR count). The molecule has 0 saturated carbocycles. The minimum absolute atomic E-state index is 0.00204. The molecule has 7 heteroatoms. The van der Waals surface area contributed by atoms with Crippen molar-refractivity contribution in [2.45, 2.75) is 20.3 Å². The number of carbonyl (C=O) groups is 1. The Labute approximate surface area is 117 Å². The third-order valence-electron chi connectivity index (χ3n) is 2.22. The van der Waals surface area contributed by atoms with Crippen LogP contribution in [0.4, 0.5) is 0 Å². The van der Waals surface area contributed by atoms with Crippen LogP contribution >= 0.6 is 22.6 Å². The maximum Gasteiger partial charge on any atom is 0.312 e. The Kier molecular flexibility index (Phi) is 6.93. The SMILES string of the molecule is CN(C)S(=O)(=O)CCCOC(=O)C(C)(C)CI. The van der Waals surface area contributed by atoms with E-state index in [1.807, 2.05) is 0 Å². The highest BCUT2D eigenvalue weighted by molar-refractivity contribution is 14.1. The Balaban J connectivity index is 4.00. The Morgan fingerprint density at radius 3 is 2.29 bits per heavy atom. The van der Waals surface area contributed by atoms with Gasteiger partial charge in [0.1, 0.15) is 0 Å². The smallest absolute Gasteiger partial charge is 0.312 e. The van der Waals surface area contributed by atoms with Gasteiger partial charge in [0.05, 0.1) is 17.8 Å². The van der Waals surface area contributed by atoms with E-state index in [1.54, 1.807) is 13.8 Å². The average Bonchev–Trinajstić information content (AvgIpc) is 2.23. The summed E-state index contributed by atoms with van der Waals surface area (Å²) in [4.78, 5) is 11.6. The van der Waals surface area contributed by atoms with Crippen molar-refractivity contribution in [1.82, 2.24) is 4.31 Å². The third-order valence-corrected chi connectivity index (χ3v) is 6.05. The molecular weight excluding hydrogens is 357 g/mol. The van der Waals surface area contributed by atoms with Crippen molar-refractivity contribution >= 4 is 38.6 Å². The van der Waals surface area contributed by atoms with E-state index in [1.165, 1.54) is 18.4 Å². The maximum atomic E-state index is 11.6. The fourth-order valence-corrected chi connectivity index (χ4v) is 2.00.